The van der Waals surface area contributed by atoms with Gasteiger partial charge in [-0.2, -0.15) is 0 Å². The number of hydrogen-bond donors (Lipinski definition) is 0. The summed E-state index contributed by atoms with van der Waals surface area (Å²) in [7, 11) is 0. The molecular weight excluding hydrogens is 335 g/mol. The molecule has 0 aliphatic carbocycles. The number of benzene rings is 1. The Hall–Kier alpha value is 0.110. The van der Waals surface area contributed by atoms with Crippen molar-refractivity contribution in [2.75, 3.05) is 5.33 Å². The summed E-state index contributed by atoms with van der Waals surface area (Å²) >= 11 is 7.04. The maximum atomic E-state index is 13.2. The summed E-state index contributed by atoms with van der Waals surface area (Å²) < 4.78 is 14.2. The van der Waals surface area contributed by atoms with Crippen molar-refractivity contribution >= 4 is 31.9 Å². The van der Waals surface area contributed by atoms with Crippen molar-refractivity contribution in [3.05, 3.63) is 34.1 Å². The van der Waals surface area contributed by atoms with E-state index in [4.69, 9.17) is 0 Å². The van der Waals surface area contributed by atoms with Gasteiger partial charge in [0.15, 0.2) is 0 Å². The SMILES string of the molecule is CC(C)C(C)(CBr)Cc1cc(F)ccc1Br. The molecule has 0 nitrogen and oxygen atoms in total. The molecule has 16 heavy (non-hydrogen) atoms. The number of rotatable bonds is 4. The van der Waals surface area contributed by atoms with E-state index in [1.165, 1.54) is 6.07 Å². The molecule has 0 N–H and O–H groups in total. The van der Waals surface area contributed by atoms with E-state index in [2.05, 4.69) is 52.6 Å². The minimum absolute atomic E-state index is 0.149. The lowest BCUT2D eigenvalue weighted by Gasteiger charge is -2.32. The lowest BCUT2D eigenvalue weighted by molar-refractivity contribution is 0.257. The highest BCUT2D eigenvalue weighted by atomic mass is 79.9. The van der Waals surface area contributed by atoms with E-state index in [1.54, 1.807) is 12.1 Å². The van der Waals surface area contributed by atoms with Crippen LogP contribution in [-0.2, 0) is 6.42 Å². The van der Waals surface area contributed by atoms with E-state index in [0.29, 0.717) is 5.92 Å². The van der Waals surface area contributed by atoms with E-state index >= 15 is 0 Å². The van der Waals surface area contributed by atoms with Gasteiger partial charge in [-0.1, -0.05) is 52.6 Å². The van der Waals surface area contributed by atoms with Crippen LogP contribution in [-0.4, -0.2) is 5.33 Å². The van der Waals surface area contributed by atoms with Crippen molar-refractivity contribution in [1.29, 1.82) is 0 Å². The Morgan fingerprint density at radius 3 is 2.50 bits per heavy atom. The standard InChI is InChI=1S/C13H17Br2F/c1-9(2)13(3,8-14)7-10-6-11(16)4-5-12(10)15/h4-6,9H,7-8H2,1-3H3. The smallest absolute Gasteiger partial charge is 0.123 e. The molecule has 0 spiro atoms. The van der Waals surface area contributed by atoms with Gasteiger partial charge in [-0.15, -0.1) is 0 Å². The second-order valence-electron chi connectivity index (χ2n) is 4.85. The molecule has 1 atom stereocenters. The molecule has 0 fully saturated rings. The van der Waals surface area contributed by atoms with Crippen LogP contribution in [0.3, 0.4) is 0 Å². The minimum atomic E-state index is -0.168. The molecule has 1 aromatic carbocycles. The lowest BCUT2D eigenvalue weighted by atomic mass is 9.76. The summed E-state index contributed by atoms with van der Waals surface area (Å²) in [6.07, 6.45) is 0.869. The zero-order valence-corrected chi connectivity index (χ0v) is 13.0. The van der Waals surface area contributed by atoms with E-state index in [-0.39, 0.29) is 11.2 Å². The Labute approximate surface area is 114 Å². The number of alkyl halides is 1. The highest BCUT2D eigenvalue weighted by molar-refractivity contribution is 9.10. The van der Waals surface area contributed by atoms with Crippen LogP contribution in [0.15, 0.2) is 22.7 Å². The first kappa shape index (κ1) is 14.2. The molecule has 0 heterocycles. The third kappa shape index (κ3) is 3.30. The van der Waals surface area contributed by atoms with Gasteiger partial charge < -0.3 is 0 Å². The van der Waals surface area contributed by atoms with Gasteiger partial charge in [0.2, 0.25) is 0 Å². The van der Waals surface area contributed by atoms with Crippen LogP contribution in [0, 0.1) is 17.2 Å². The van der Waals surface area contributed by atoms with Gasteiger partial charge in [0.05, 0.1) is 0 Å². The first-order valence-electron chi connectivity index (χ1n) is 5.39. The van der Waals surface area contributed by atoms with Crippen LogP contribution in [0.25, 0.3) is 0 Å². The zero-order valence-electron chi connectivity index (χ0n) is 9.86. The normalized spacial score (nSPS) is 15.2. The van der Waals surface area contributed by atoms with Crippen molar-refractivity contribution in [3.8, 4) is 0 Å². The van der Waals surface area contributed by atoms with E-state index in [0.717, 1.165) is 21.8 Å². The second kappa shape index (κ2) is 5.63. The number of hydrogen-bond acceptors (Lipinski definition) is 0. The molecule has 0 amide bonds. The van der Waals surface area contributed by atoms with Gasteiger partial charge in [0.1, 0.15) is 5.82 Å². The molecule has 3 heteroatoms. The lowest BCUT2D eigenvalue weighted by Crippen LogP contribution is -2.28. The fourth-order valence-electron chi connectivity index (χ4n) is 1.52. The molecule has 0 saturated carbocycles. The van der Waals surface area contributed by atoms with Gasteiger partial charge in [-0.25, -0.2) is 4.39 Å². The Bertz CT molecular complexity index is 363. The van der Waals surface area contributed by atoms with Gasteiger partial charge >= 0.3 is 0 Å². The summed E-state index contributed by atoms with van der Waals surface area (Å²) in [6.45, 7) is 6.63. The van der Waals surface area contributed by atoms with E-state index in [9.17, 15) is 4.39 Å². The van der Waals surface area contributed by atoms with Crippen molar-refractivity contribution in [3.63, 3.8) is 0 Å². The highest BCUT2D eigenvalue weighted by Crippen LogP contribution is 2.35. The summed E-state index contributed by atoms with van der Waals surface area (Å²) in [5.74, 6) is 0.376. The Balaban J connectivity index is 2.98. The zero-order chi connectivity index (χ0) is 12.3. The molecule has 1 aromatic rings. The quantitative estimate of drug-likeness (QED) is 0.655. The molecule has 1 unspecified atom stereocenters. The second-order valence-corrected chi connectivity index (χ2v) is 6.27. The van der Waals surface area contributed by atoms with E-state index < -0.39 is 0 Å². The van der Waals surface area contributed by atoms with E-state index in [1.807, 2.05) is 0 Å². The first-order chi connectivity index (χ1) is 7.39. The van der Waals surface area contributed by atoms with Crippen molar-refractivity contribution in [2.24, 2.45) is 11.3 Å². The van der Waals surface area contributed by atoms with Gasteiger partial charge in [-0.05, 0) is 41.5 Å². The van der Waals surface area contributed by atoms with Crippen LogP contribution >= 0.6 is 31.9 Å². The largest absolute Gasteiger partial charge is 0.207 e. The molecule has 1 rings (SSSR count). The Morgan fingerprint density at radius 1 is 1.38 bits per heavy atom. The van der Waals surface area contributed by atoms with Gasteiger partial charge in [0.25, 0.3) is 0 Å². The van der Waals surface area contributed by atoms with Crippen LogP contribution in [0.4, 0.5) is 4.39 Å². The first-order valence-corrected chi connectivity index (χ1v) is 7.30. The summed E-state index contributed by atoms with van der Waals surface area (Å²) in [4.78, 5) is 0. The van der Waals surface area contributed by atoms with Crippen LogP contribution in [0.1, 0.15) is 26.3 Å². The molecule has 0 aliphatic heterocycles. The molecule has 0 bridgehead atoms. The van der Waals surface area contributed by atoms with Crippen LogP contribution in [0.5, 0.6) is 0 Å². The summed E-state index contributed by atoms with van der Waals surface area (Å²) in [5.41, 5.74) is 1.19. The molecule has 90 valence electrons. The fourth-order valence-corrected chi connectivity index (χ4v) is 2.75. The Kier molecular flexibility index (Phi) is 4.99. The molecule has 0 radical (unpaired) electrons. The fraction of sp³-hybridized carbons (Fsp3) is 0.538. The maximum Gasteiger partial charge on any atom is 0.123 e. The van der Waals surface area contributed by atoms with Crippen molar-refractivity contribution in [2.45, 2.75) is 27.2 Å². The average molecular weight is 352 g/mol. The predicted octanol–water partition coefficient (Wildman–Crippen LogP) is 5.19. The molecule has 0 aliphatic rings. The van der Waals surface area contributed by atoms with Gasteiger partial charge in [0, 0.05) is 9.80 Å². The Morgan fingerprint density at radius 2 is 2.00 bits per heavy atom. The van der Waals surface area contributed by atoms with Crippen LogP contribution < -0.4 is 0 Å². The third-order valence-electron chi connectivity index (χ3n) is 3.30. The van der Waals surface area contributed by atoms with Crippen molar-refractivity contribution in [1.82, 2.24) is 0 Å². The monoisotopic (exact) mass is 350 g/mol. The molecule has 0 aromatic heterocycles. The molecular formula is C13H17Br2F. The third-order valence-corrected chi connectivity index (χ3v) is 5.36. The number of halogens is 3. The average Bonchev–Trinajstić information content (AvgIpc) is 2.23. The summed E-state index contributed by atoms with van der Waals surface area (Å²) in [5, 5.41) is 0.917. The van der Waals surface area contributed by atoms with Gasteiger partial charge in [-0.3, -0.25) is 0 Å². The predicted molar refractivity (Wildman–Crippen MR) is 74.5 cm³/mol. The topological polar surface area (TPSA) is 0 Å². The van der Waals surface area contributed by atoms with Crippen LogP contribution in [0.2, 0.25) is 0 Å². The molecule has 0 saturated heterocycles. The summed E-state index contributed by atoms with van der Waals surface area (Å²) in [6, 6.07) is 4.88. The highest BCUT2D eigenvalue weighted by Gasteiger charge is 2.28. The minimum Gasteiger partial charge on any atom is -0.207 e. The van der Waals surface area contributed by atoms with Crippen molar-refractivity contribution < 1.29 is 4.39 Å². The maximum absolute atomic E-state index is 13.2.